The molecule has 2 aliphatic heterocycles. The summed E-state index contributed by atoms with van der Waals surface area (Å²) in [5, 5.41) is 8.01. The largest absolute Gasteiger partial charge is 0.460 e. The zero-order valence-electron chi connectivity index (χ0n) is 24.4. The van der Waals surface area contributed by atoms with Crippen LogP contribution in [0.25, 0.3) is 5.65 Å². The van der Waals surface area contributed by atoms with E-state index in [9.17, 15) is 9.59 Å². The highest BCUT2D eigenvalue weighted by Crippen LogP contribution is 2.25. The first-order chi connectivity index (χ1) is 19.8. The number of fused-ring (bicyclic) bond motifs is 1. The van der Waals surface area contributed by atoms with E-state index < -0.39 is 0 Å². The van der Waals surface area contributed by atoms with Crippen molar-refractivity contribution in [2.24, 2.45) is 5.92 Å². The molecule has 0 radical (unpaired) electrons. The molecule has 1 aromatic carbocycles. The second-order valence-electron chi connectivity index (χ2n) is 11.6. The molecule has 2 aromatic heterocycles. The maximum atomic E-state index is 13.0. The molecule has 1 amide bonds. The molecule has 3 aromatic rings. The van der Waals surface area contributed by atoms with Crippen LogP contribution in [0.15, 0.2) is 43.1 Å². The SMILES string of the molecule is C=CC(=O)N1CCC(C(=O)Cc2cccc(CNc3nc(OC4CCN(C)CC4)nc4c(C(C)C)cnn34)c2)CC1. The lowest BCUT2D eigenvalue weighted by atomic mass is 9.89. The van der Waals surface area contributed by atoms with Gasteiger partial charge in [0.1, 0.15) is 11.9 Å². The smallest absolute Gasteiger partial charge is 0.322 e. The number of Topliss-reactive ketones (excluding diaryl/α,β-unsaturated/α-hetero) is 1. The number of benzene rings is 1. The molecule has 4 heterocycles. The van der Waals surface area contributed by atoms with Gasteiger partial charge in [0.05, 0.1) is 6.20 Å². The number of ketones is 1. The van der Waals surface area contributed by atoms with Gasteiger partial charge in [-0.05, 0) is 55.9 Å². The molecule has 0 unspecified atom stereocenters. The number of amides is 1. The van der Waals surface area contributed by atoms with Crippen LogP contribution in [0, 0.1) is 5.92 Å². The van der Waals surface area contributed by atoms with E-state index in [4.69, 9.17) is 14.7 Å². The molecule has 2 fully saturated rings. The first-order valence-electron chi connectivity index (χ1n) is 14.7. The number of anilines is 1. The highest BCUT2D eigenvalue weighted by atomic mass is 16.5. The molecule has 10 nitrogen and oxygen atoms in total. The molecular formula is C31H41N7O3. The number of hydrogen-bond acceptors (Lipinski definition) is 8. The van der Waals surface area contributed by atoms with Gasteiger partial charge in [0, 0.05) is 50.6 Å². The second-order valence-corrected chi connectivity index (χ2v) is 11.6. The van der Waals surface area contributed by atoms with Gasteiger partial charge >= 0.3 is 6.01 Å². The van der Waals surface area contributed by atoms with Crippen LogP contribution in [0.3, 0.4) is 0 Å². The first-order valence-corrected chi connectivity index (χ1v) is 14.7. The predicted molar refractivity (Wildman–Crippen MR) is 158 cm³/mol. The zero-order chi connectivity index (χ0) is 28.9. The topological polar surface area (TPSA) is 105 Å². The van der Waals surface area contributed by atoms with Gasteiger partial charge in [-0.2, -0.15) is 19.6 Å². The van der Waals surface area contributed by atoms with Gasteiger partial charge in [-0.3, -0.25) is 9.59 Å². The minimum absolute atomic E-state index is 0.0158. The van der Waals surface area contributed by atoms with Crippen LogP contribution in [-0.2, 0) is 22.6 Å². The van der Waals surface area contributed by atoms with Crippen molar-refractivity contribution in [2.45, 2.75) is 64.5 Å². The van der Waals surface area contributed by atoms with Crippen molar-refractivity contribution >= 4 is 23.3 Å². The van der Waals surface area contributed by atoms with E-state index in [2.05, 4.69) is 48.9 Å². The summed E-state index contributed by atoms with van der Waals surface area (Å²) in [6, 6.07) is 8.46. The lowest BCUT2D eigenvalue weighted by Crippen LogP contribution is -2.39. The van der Waals surface area contributed by atoms with Crippen molar-refractivity contribution in [3.8, 4) is 6.01 Å². The second kappa shape index (κ2) is 12.8. The summed E-state index contributed by atoms with van der Waals surface area (Å²) in [5.41, 5.74) is 3.83. The lowest BCUT2D eigenvalue weighted by Gasteiger charge is -2.30. The zero-order valence-corrected chi connectivity index (χ0v) is 24.4. The molecule has 0 atom stereocenters. The molecule has 0 spiro atoms. The Labute approximate surface area is 241 Å². The molecule has 0 saturated carbocycles. The van der Waals surface area contributed by atoms with Crippen molar-refractivity contribution in [1.29, 1.82) is 0 Å². The fourth-order valence-electron chi connectivity index (χ4n) is 5.63. The van der Waals surface area contributed by atoms with Crippen molar-refractivity contribution in [3.05, 3.63) is 59.8 Å². The number of nitrogens with zero attached hydrogens (tertiary/aromatic N) is 6. The fourth-order valence-corrected chi connectivity index (χ4v) is 5.63. The van der Waals surface area contributed by atoms with Crippen molar-refractivity contribution < 1.29 is 14.3 Å². The van der Waals surface area contributed by atoms with Gasteiger partial charge < -0.3 is 19.9 Å². The third-order valence-corrected chi connectivity index (χ3v) is 8.19. The van der Waals surface area contributed by atoms with E-state index in [0.717, 1.165) is 48.3 Å². The quantitative estimate of drug-likeness (QED) is 0.374. The number of hydrogen-bond donors (Lipinski definition) is 1. The number of carbonyl (C=O) groups is 2. The Bertz CT molecular complexity index is 1390. The number of aromatic nitrogens is 4. The Kier molecular flexibility index (Phi) is 8.97. The molecule has 0 bridgehead atoms. The summed E-state index contributed by atoms with van der Waals surface area (Å²) >= 11 is 0. The normalized spacial score (nSPS) is 17.2. The molecule has 5 rings (SSSR count). The van der Waals surface area contributed by atoms with Crippen LogP contribution in [0.2, 0.25) is 0 Å². The third kappa shape index (κ3) is 6.93. The van der Waals surface area contributed by atoms with Gasteiger partial charge in [-0.25, -0.2) is 0 Å². The molecule has 1 N–H and O–H groups in total. The van der Waals surface area contributed by atoms with E-state index in [1.54, 1.807) is 9.42 Å². The van der Waals surface area contributed by atoms with Gasteiger partial charge in [-0.1, -0.05) is 44.7 Å². The highest BCUT2D eigenvalue weighted by Gasteiger charge is 2.26. The Morgan fingerprint density at radius 1 is 1.10 bits per heavy atom. The number of nitrogens with one attached hydrogen (secondary N) is 1. The van der Waals surface area contributed by atoms with Gasteiger partial charge in [0.2, 0.25) is 11.9 Å². The number of piperidine rings is 2. The third-order valence-electron chi connectivity index (χ3n) is 8.19. The van der Waals surface area contributed by atoms with Crippen LogP contribution in [-0.4, -0.2) is 80.4 Å². The number of rotatable bonds is 10. The van der Waals surface area contributed by atoms with E-state index in [0.29, 0.717) is 50.9 Å². The molecular weight excluding hydrogens is 518 g/mol. The van der Waals surface area contributed by atoms with Gasteiger partial charge in [-0.15, -0.1) is 0 Å². The number of ether oxygens (including phenoxy) is 1. The van der Waals surface area contributed by atoms with Crippen LogP contribution in [0.1, 0.15) is 62.1 Å². The molecule has 0 aliphatic carbocycles. The minimum atomic E-state index is -0.0619. The van der Waals surface area contributed by atoms with E-state index in [1.165, 1.54) is 6.08 Å². The Morgan fingerprint density at radius 2 is 1.83 bits per heavy atom. The first kappa shape index (κ1) is 28.7. The highest BCUT2D eigenvalue weighted by molar-refractivity contribution is 5.88. The maximum absolute atomic E-state index is 13.0. The molecule has 2 saturated heterocycles. The van der Waals surface area contributed by atoms with Crippen molar-refractivity contribution in [3.63, 3.8) is 0 Å². The standard InChI is InChI=1S/C31H41N7O3/c1-5-28(40)37-15-9-24(10-16-37)27(39)18-22-7-6-8-23(17-22)19-32-30-35-31(41-25-11-13-36(4)14-12-25)34-29-26(21(2)3)20-33-38(29)30/h5-8,17,20-21,24-25H,1,9-16,18-19H2,2-4H3,(H,32,34,35). The van der Waals surface area contributed by atoms with E-state index in [1.807, 2.05) is 24.4 Å². The van der Waals surface area contributed by atoms with Gasteiger partial charge in [0.15, 0.2) is 5.65 Å². The summed E-state index contributed by atoms with van der Waals surface area (Å²) in [6.45, 7) is 11.5. The van der Waals surface area contributed by atoms with E-state index in [-0.39, 0.29) is 29.6 Å². The molecule has 218 valence electrons. The number of carbonyl (C=O) groups excluding carboxylic acids is 2. The minimum Gasteiger partial charge on any atom is -0.460 e. The average molecular weight is 560 g/mol. The van der Waals surface area contributed by atoms with Crippen LogP contribution < -0.4 is 10.1 Å². The molecule has 2 aliphatic rings. The van der Waals surface area contributed by atoms with Crippen LogP contribution >= 0.6 is 0 Å². The maximum Gasteiger partial charge on any atom is 0.322 e. The Balaban J connectivity index is 1.26. The van der Waals surface area contributed by atoms with Crippen LogP contribution in [0.4, 0.5) is 5.95 Å². The Morgan fingerprint density at radius 3 is 2.54 bits per heavy atom. The summed E-state index contributed by atoms with van der Waals surface area (Å²) in [7, 11) is 2.13. The summed E-state index contributed by atoms with van der Waals surface area (Å²) in [6.07, 6.45) is 6.97. The number of likely N-dealkylation sites (tertiary alicyclic amines) is 2. The fraction of sp³-hybridized carbons (Fsp3) is 0.516. The van der Waals surface area contributed by atoms with Crippen molar-refractivity contribution in [1.82, 2.24) is 29.4 Å². The van der Waals surface area contributed by atoms with Crippen molar-refractivity contribution in [2.75, 3.05) is 38.5 Å². The lowest BCUT2D eigenvalue weighted by molar-refractivity contribution is -0.130. The molecule has 10 heteroatoms. The summed E-state index contributed by atoms with van der Waals surface area (Å²) < 4.78 is 8.00. The summed E-state index contributed by atoms with van der Waals surface area (Å²) in [4.78, 5) is 38.4. The Hall–Kier alpha value is -3.79. The summed E-state index contributed by atoms with van der Waals surface area (Å²) in [5.74, 6) is 0.986. The van der Waals surface area contributed by atoms with Gasteiger partial charge in [0.25, 0.3) is 0 Å². The van der Waals surface area contributed by atoms with Crippen LogP contribution in [0.5, 0.6) is 6.01 Å². The average Bonchev–Trinajstić information content (AvgIpc) is 3.41. The monoisotopic (exact) mass is 559 g/mol. The predicted octanol–water partition coefficient (Wildman–Crippen LogP) is 3.87. The van der Waals surface area contributed by atoms with E-state index >= 15 is 0 Å². The molecule has 41 heavy (non-hydrogen) atoms.